The molecule has 51 heavy (non-hydrogen) atoms. The summed E-state index contributed by atoms with van der Waals surface area (Å²) in [6.07, 6.45) is 33.1. The zero-order chi connectivity index (χ0) is 36.3. The molecule has 5 rings (SSSR count). The monoisotopic (exact) mass is 712 g/mol. The summed E-state index contributed by atoms with van der Waals surface area (Å²) in [6.45, 7) is 8.73. The first-order valence-electron chi connectivity index (χ1n) is 21.3. The molecule has 7 heteroatoms. The highest BCUT2D eigenvalue weighted by Gasteiger charge is 2.51. The maximum Gasteiger partial charge on any atom is 0.309 e. The van der Waals surface area contributed by atoms with E-state index in [9.17, 15) is 14.4 Å². The maximum absolute atomic E-state index is 13.2. The van der Waals surface area contributed by atoms with Gasteiger partial charge in [0.25, 0.3) is 0 Å². The van der Waals surface area contributed by atoms with E-state index in [0.29, 0.717) is 18.9 Å². The fourth-order valence-electron chi connectivity index (χ4n) is 9.73. The number of hydrogen-bond donors (Lipinski definition) is 0. The zero-order valence-corrected chi connectivity index (χ0v) is 32.8. The van der Waals surface area contributed by atoms with Gasteiger partial charge in [-0.1, -0.05) is 69.8 Å². The second kappa shape index (κ2) is 22.8. The minimum atomic E-state index is -0.357. The van der Waals surface area contributed by atoms with Crippen LogP contribution in [0.15, 0.2) is 24.3 Å². The molecule has 7 nitrogen and oxygen atoms in total. The van der Waals surface area contributed by atoms with Crippen molar-refractivity contribution in [2.24, 2.45) is 35.0 Å². The van der Waals surface area contributed by atoms with Crippen molar-refractivity contribution in [3.8, 4) is 0 Å². The predicted octanol–water partition coefficient (Wildman–Crippen LogP) is 10.2. The van der Waals surface area contributed by atoms with Crippen molar-refractivity contribution >= 4 is 17.9 Å². The lowest BCUT2D eigenvalue weighted by atomic mass is 9.49. The van der Waals surface area contributed by atoms with Gasteiger partial charge < -0.3 is 19.1 Å². The second-order valence-corrected chi connectivity index (χ2v) is 17.2. The number of piperidine rings is 1. The summed E-state index contributed by atoms with van der Waals surface area (Å²) in [5.74, 6) is 1.33. The number of allylic oxidation sites excluding steroid dienone is 4. The standard InChI is InChI=1S/C44H73NO6/c1-4-5-6-7-8-9-10-11-12-13-14-15-16-17-18-19-20-41(46)49-32-39(34-51-43(48)40-21-23-45(24-22-40)35(2)3)33-50-42(47)31-44-28-36-25-37(29-44)27-38(26-36)30-44/h8-9,11-12,35-40H,4-7,10,13-34H2,1-3H3/b9-8-,12-11-. The summed E-state index contributed by atoms with van der Waals surface area (Å²) in [5, 5.41) is 0. The third-order valence-corrected chi connectivity index (χ3v) is 12.3. The Morgan fingerprint density at radius 3 is 1.80 bits per heavy atom. The molecule has 0 aromatic rings. The minimum Gasteiger partial charge on any atom is -0.465 e. The van der Waals surface area contributed by atoms with Gasteiger partial charge in [0.2, 0.25) is 0 Å². The van der Waals surface area contributed by atoms with Crippen LogP contribution in [0.25, 0.3) is 0 Å². The third kappa shape index (κ3) is 15.4. The van der Waals surface area contributed by atoms with Crippen LogP contribution in [0.1, 0.15) is 162 Å². The summed E-state index contributed by atoms with van der Waals surface area (Å²) in [5.41, 5.74) is 0.118. The van der Waals surface area contributed by atoms with Crippen LogP contribution in [0.2, 0.25) is 0 Å². The number of carbonyl (C=O) groups is 3. The lowest BCUT2D eigenvalue weighted by Crippen LogP contribution is -2.47. The van der Waals surface area contributed by atoms with Crippen LogP contribution < -0.4 is 0 Å². The summed E-state index contributed by atoms with van der Waals surface area (Å²) < 4.78 is 17.3. The highest BCUT2D eigenvalue weighted by molar-refractivity contribution is 5.72. The molecule has 0 N–H and O–H groups in total. The number of likely N-dealkylation sites (tertiary alicyclic amines) is 1. The van der Waals surface area contributed by atoms with Crippen LogP contribution in [0.3, 0.4) is 0 Å². The second-order valence-electron chi connectivity index (χ2n) is 17.2. The highest BCUT2D eigenvalue weighted by Crippen LogP contribution is 2.61. The van der Waals surface area contributed by atoms with Crippen molar-refractivity contribution in [2.75, 3.05) is 32.9 Å². The van der Waals surface area contributed by atoms with Gasteiger partial charge in [-0.2, -0.15) is 0 Å². The molecular weight excluding hydrogens is 638 g/mol. The van der Waals surface area contributed by atoms with E-state index in [1.54, 1.807) is 0 Å². The lowest BCUT2D eigenvalue weighted by Gasteiger charge is -2.56. The molecule has 1 unspecified atom stereocenters. The molecule has 5 fully saturated rings. The summed E-state index contributed by atoms with van der Waals surface area (Å²) in [7, 11) is 0. The molecule has 0 aromatic carbocycles. The van der Waals surface area contributed by atoms with Gasteiger partial charge in [0.05, 0.1) is 18.3 Å². The van der Waals surface area contributed by atoms with Crippen molar-refractivity contribution < 1.29 is 28.6 Å². The Morgan fingerprint density at radius 2 is 1.22 bits per heavy atom. The van der Waals surface area contributed by atoms with Crippen LogP contribution >= 0.6 is 0 Å². The van der Waals surface area contributed by atoms with Gasteiger partial charge in [-0.25, -0.2) is 0 Å². The molecule has 5 aliphatic rings. The average Bonchev–Trinajstić information content (AvgIpc) is 3.10. The van der Waals surface area contributed by atoms with E-state index in [-0.39, 0.29) is 55.0 Å². The number of esters is 3. The molecular formula is C44H73NO6. The molecule has 0 spiro atoms. The number of carbonyl (C=O) groups excluding carboxylic acids is 3. The minimum absolute atomic E-state index is 0.102. The van der Waals surface area contributed by atoms with Gasteiger partial charge in [-0.15, -0.1) is 0 Å². The van der Waals surface area contributed by atoms with E-state index in [1.165, 1.54) is 64.2 Å². The molecule has 1 saturated heterocycles. The van der Waals surface area contributed by atoms with Gasteiger partial charge >= 0.3 is 17.9 Å². The van der Waals surface area contributed by atoms with E-state index in [1.807, 2.05) is 0 Å². The fourth-order valence-corrected chi connectivity index (χ4v) is 9.73. The Labute approximate surface area is 311 Å². The Balaban J connectivity index is 1.10. The van der Waals surface area contributed by atoms with Crippen LogP contribution in [-0.4, -0.2) is 61.8 Å². The molecule has 1 heterocycles. The Morgan fingerprint density at radius 1 is 0.686 bits per heavy atom. The van der Waals surface area contributed by atoms with Crippen LogP contribution in [0.5, 0.6) is 0 Å². The molecule has 1 aliphatic heterocycles. The number of ether oxygens (including phenoxy) is 3. The first kappa shape index (κ1) is 41.6. The number of nitrogens with zero attached hydrogens (tertiary/aromatic N) is 1. The Kier molecular flexibility index (Phi) is 18.6. The molecule has 0 aromatic heterocycles. The first-order chi connectivity index (χ1) is 24.7. The van der Waals surface area contributed by atoms with E-state index in [0.717, 1.165) is 95.1 Å². The fraction of sp³-hybridized carbons (Fsp3) is 0.841. The molecule has 0 amide bonds. The highest BCUT2D eigenvalue weighted by atomic mass is 16.6. The third-order valence-electron chi connectivity index (χ3n) is 12.3. The first-order valence-corrected chi connectivity index (χ1v) is 21.3. The largest absolute Gasteiger partial charge is 0.465 e. The molecule has 4 saturated carbocycles. The Bertz CT molecular complexity index is 1050. The zero-order valence-electron chi connectivity index (χ0n) is 32.8. The van der Waals surface area contributed by atoms with E-state index < -0.39 is 0 Å². The summed E-state index contributed by atoms with van der Waals surface area (Å²) in [4.78, 5) is 41.2. The predicted molar refractivity (Wildman–Crippen MR) is 205 cm³/mol. The molecule has 1 atom stereocenters. The van der Waals surface area contributed by atoms with Gasteiger partial charge in [-0.05, 0) is 140 Å². The molecule has 0 radical (unpaired) electrons. The van der Waals surface area contributed by atoms with Crippen LogP contribution in [-0.2, 0) is 28.6 Å². The van der Waals surface area contributed by atoms with E-state index in [4.69, 9.17) is 14.2 Å². The number of unbranched alkanes of at least 4 members (excludes halogenated alkanes) is 9. The van der Waals surface area contributed by atoms with Crippen molar-refractivity contribution in [3.63, 3.8) is 0 Å². The smallest absolute Gasteiger partial charge is 0.309 e. The van der Waals surface area contributed by atoms with Crippen molar-refractivity contribution in [3.05, 3.63) is 24.3 Å². The normalized spacial score (nSPS) is 25.6. The van der Waals surface area contributed by atoms with Crippen LogP contribution in [0.4, 0.5) is 0 Å². The quantitative estimate of drug-likeness (QED) is 0.0404. The molecule has 290 valence electrons. The topological polar surface area (TPSA) is 82.1 Å². The number of rotatable bonds is 25. The van der Waals surface area contributed by atoms with Gasteiger partial charge in [0, 0.05) is 12.5 Å². The summed E-state index contributed by atoms with van der Waals surface area (Å²) >= 11 is 0. The van der Waals surface area contributed by atoms with Crippen LogP contribution in [0, 0.1) is 35.0 Å². The van der Waals surface area contributed by atoms with Crippen molar-refractivity contribution in [1.29, 1.82) is 0 Å². The van der Waals surface area contributed by atoms with Crippen molar-refractivity contribution in [2.45, 2.75) is 168 Å². The van der Waals surface area contributed by atoms with E-state index in [2.05, 4.69) is 50.0 Å². The summed E-state index contributed by atoms with van der Waals surface area (Å²) in [6, 6.07) is 0.476. The molecule has 4 aliphatic carbocycles. The van der Waals surface area contributed by atoms with Gasteiger partial charge in [0.1, 0.15) is 19.8 Å². The SMILES string of the molecule is CCCCC/C=C\C/C=C\CCCCCCCCC(=O)OCC(COC(=O)CC12CC3CC(CC(C3)C1)C2)COC(=O)C1CCN(C(C)C)CC1. The maximum atomic E-state index is 13.2. The Hall–Kier alpha value is -2.15. The average molecular weight is 712 g/mol. The van der Waals surface area contributed by atoms with Gasteiger partial charge in [0.15, 0.2) is 0 Å². The lowest BCUT2D eigenvalue weighted by molar-refractivity contribution is -0.159. The van der Waals surface area contributed by atoms with E-state index >= 15 is 0 Å². The van der Waals surface area contributed by atoms with Crippen molar-refractivity contribution in [1.82, 2.24) is 4.90 Å². The number of hydrogen-bond acceptors (Lipinski definition) is 7. The van der Waals surface area contributed by atoms with Gasteiger partial charge in [-0.3, -0.25) is 14.4 Å². The molecule has 4 bridgehead atoms.